The molecule has 3 aromatic rings. The molecule has 3 fully saturated rings. The molecule has 7 rings (SSSR count). The average Bonchev–Trinajstić information content (AvgIpc) is 3.49. The highest BCUT2D eigenvalue weighted by Gasteiger charge is 2.61. The number of phenolic OH excluding ortho intramolecular Hbond substituents is 2. The number of rotatable bonds is 10. The Morgan fingerprint density at radius 2 is 1.19 bits per heavy atom. The maximum atomic E-state index is 14.2. The molecule has 10 heteroatoms. The Hall–Kier alpha value is -4.96. The summed E-state index contributed by atoms with van der Waals surface area (Å²) in [6, 6.07) is 20.7. The maximum Gasteiger partial charge on any atom is 0.234 e. The van der Waals surface area contributed by atoms with Gasteiger partial charge in [0.25, 0.3) is 0 Å². The van der Waals surface area contributed by atoms with Gasteiger partial charge in [0, 0.05) is 19.0 Å². The number of hydrogen-bond donors (Lipinski definition) is 3. The average molecular weight is 651 g/mol. The molecule has 6 atom stereocenters. The summed E-state index contributed by atoms with van der Waals surface area (Å²) in [4.78, 5) is 58.7. The van der Waals surface area contributed by atoms with E-state index in [1.54, 1.807) is 60.7 Å². The van der Waals surface area contributed by atoms with Gasteiger partial charge in [0.15, 0.2) is 0 Å². The fourth-order valence-electron chi connectivity index (χ4n) is 8.28. The van der Waals surface area contributed by atoms with Crippen molar-refractivity contribution in [2.75, 3.05) is 26.3 Å². The first-order chi connectivity index (χ1) is 23.2. The molecule has 0 spiro atoms. The number of carbonyl (C=O) groups excluding carboxylic acids is 4. The number of benzene rings is 3. The summed E-state index contributed by atoms with van der Waals surface area (Å²) in [5.41, 5.74) is 3.55. The van der Waals surface area contributed by atoms with E-state index >= 15 is 0 Å². The number of aliphatic hydroxyl groups excluding tert-OH is 1. The molecule has 248 valence electrons. The molecule has 2 heterocycles. The number of imide groups is 2. The molecule has 1 saturated carbocycles. The van der Waals surface area contributed by atoms with E-state index in [9.17, 15) is 34.5 Å². The van der Waals surface area contributed by atoms with Crippen molar-refractivity contribution in [3.05, 3.63) is 101 Å². The van der Waals surface area contributed by atoms with Gasteiger partial charge in [-0.1, -0.05) is 48.0 Å². The quantitative estimate of drug-likeness (QED) is 0.223. The zero-order chi connectivity index (χ0) is 33.5. The van der Waals surface area contributed by atoms with Gasteiger partial charge >= 0.3 is 0 Å². The molecule has 3 aromatic carbocycles. The third-order valence-corrected chi connectivity index (χ3v) is 10.6. The topological polar surface area (TPSA) is 145 Å². The molecule has 2 aliphatic carbocycles. The first-order valence-electron chi connectivity index (χ1n) is 16.5. The molecule has 0 bridgehead atoms. The molecule has 4 amide bonds. The van der Waals surface area contributed by atoms with Gasteiger partial charge in [-0.3, -0.25) is 29.0 Å². The Kier molecular flexibility index (Phi) is 8.51. The smallest absolute Gasteiger partial charge is 0.234 e. The van der Waals surface area contributed by atoms with Crippen LogP contribution in [0.1, 0.15) is 35.4 Å². The number of amides is 4. The Bertz CT molecular complexity index is 1750. The van der Waals surface area contributed by atoms with Crippen molar-refractivity contribution < 1.29 is 39.2 Å². The predicted octanol–water partition coefficient (Wildman–Crippen LogP) is 3.59. The standard InChI is InChI=1S/C38H38N2O8/c41-19-20-48-27-11-5-24(6-12-27)32-28-13-14-29-33(37(46)39(35(29)44)17-15-22-1-7-25(42)8-2-22)30(28)21-31-34(32)38(47)40(36(31)45)18-16-23-3-9-26(43)10-4-23/h1-13,29-34,41-43H,14-21H2. The first-order valence-corrected chi connectivity index (χ1v) is 16.5. The lowest BCUT2D eigenvalue weighted by atomic mass is 9.57. The summed E-state index contributed by atoms with van der Waals surface area (Å²) < 4.78 is 5.57. The Balaban J connectivity index is 1.19. The van der Waals surface area contributed by atoms with Gasteiger partial charge in [0.1, 0.15) is 23.9 Å². The summed E-state index contributed by atoms with van der Waals surface area (Å²) in [7, 11) is 0. The first kappa shape index (κ1) is 31.6. The molecule has 4 aliphatic rings. The summed E-state index contributed by atoms with van der Waals surface area (Å²) in [5, 5.41) is 28.5. The molecule has 0 radical (unpaired) electrons. The van der Waals surface area contributed by atoms with E-state index in [4.69, 9.17) is 4.74 Å². The van der Waals surface area contributed by atoms with Crippen LogP contribution in [-0.4, -0.2) is 75.1 Å². The third kappa shape index (κ3) is 5.64. The third-order valence-electron chi connectivity index (χ3n) is 10.6. The normalized spacial score (nSPS) is 26.3. The largest absolute Gasteiger partial charge is 0.508 e. The molecule has 6 unspecified atom stereocenters. The van der Waals surface area contributed by atoms with Crippen LogP contribution in [0.2, 0.25) is 0 Å². The number of nitrogens with zero attached hydrogens (tertiary/aromatic N) is 2. The second-order valence-electron chi connectivity index (χ2n) is 13.2. The molecular weight excluding hydrogens is 612 g/mol. The second kappa shape index (κ2) is 12.9. The number of aliphatic hydroxyl groups is 1. The van der Waals surface area contributed by atoms with Crippen LogP contribution in [0.25, 0.3) is 0 Å². The number of likely N-dealkylation sites (tertiary alicyclic amines) is 2. The lowest BCUT2D eigenvalue weighted by molar-refractivity contribution is -0.142. The van der Waals surface area contributed by atoms with Crippen molar-refractivity contribution in [3.63, 3.8) is 0 Å². The SMILES string of the molecule is O=C1C2CC=C3C(CC4C(=O)N(CCc5ccc(O)cc5)C(=O)C4C3c3ccc(OCCO)cc3)C2C(=O)N1CCc1ccc(O)cc1. The van der Waals surface area contributed by atoms with Crippen molar-refractivity contribution >= 4 is 23.6 Å². The molecular formula is C38H38N2O8. The van der Waals surface area contributed by atoms with Gasteiger partial charge in [-0.15, -0.1) is 0 Å². The predicted molar refractivity (Wildman–Crippen MR) is 174 cm³/mol. The van der Waals surface area contributed by atoms with Crippen molar-refractivity contribution in [1.29, 1.82) is 0 Å². The molecule has 48 heavy (non-hydrogen) atoms. The van der Waals surface area contributed by atoms with E-state index in [2.05, 4.69) is 0 Å². The van der Waals surface area contributed by atoms with Gasteiger partial charge in [-0.2, -0.15) is 0 Å². The number of hydrogen-bond acceptors (Lipinski definition) is 8. The number of aromatic hydroxyl groups is 2. The van der Waals surface area contributed by atoms with Crippen molar-refractivity contribution in [2.45, 2.75) is 31.6 Å². The Morgan fingerprint density at radius 3 is 1.75 bits per heavy atom. The summed E-state index contributed by atoms with van der Waals surface area (Å²) in [6.45, 7) is 0.450. The number of carbonyl (C=O) groups is 4. The van der Waals surface area contributed by atoms with Gasteiger partial charge in [-0.05, 0) is 84.7 Å². The van der Waals surface area contributed by atoms with E-state index < -0.39 is 29.6 Å². The Morgan fingerprint density at radius 1 is 0.646 bits per heavy atom. The lowest BCUT2D eigenvalue weighted by Gasteiger charge is -2.44. The second-order valence-corrected chi connectivity index (χ2v) is 13.2. The van der Waals surface area contributed by atoms with Crippen LogP contribution in [-0.2, 0) is 32.0 Å². The van der Waals surface area contributed by atoms with Gasteiger partial charge in [-0.25, -0.2) is 0 Å². The van der Waals surface area contributed by atoms with E-state index in [0.717, 1.165) is 22.3 Å². The molecule has 2 saturated heterocycles. The van der Waals surface area contributed by atoms with Crippen LogP contribution >= 0.6 is 0 Å². The summed E-state index contributed by atoms with van der Waals surface area (Å²) >= 11 is 0. The number of fused-ring (bicyclic) bond motifs is 4. The minimum Gasteiger partial charge on any atom is -0.508 e. The molecule has 3 N–H and O–H groups in total. The van der Waals surface area contributed by atoms with Crippen LogP contribution in [0.15, 0.2) is 84.4 Å². The van der Waals surface area contributed by atoms with Crippen molar-refractivity contribution in [1.82, 2.24) is 9.80 Å². The molecule has 2 aliphatic heterocycles. The van der Waals surface area contributed by atoms with Crippen LogP contribution in [0.4, 0.5) is 0 Å². The van der Waals surface area contributed by atoms with Gasteiger partial charge < -0.3 is 20.1 Å². The fraction of sp³-hybridized carbons (Fsp3) is 0.368. The van der Waals surface area contributed by atoms with E-state index in [1.807, 2.05) is 18.2 Å². The number of ether oxygens (including phenoxy) is 1. The highest BCUT2D eigenvalue weighted by atomic mass is 16.5. The zero-order valence-corrected chi connectivity index (χ0v) is 26.4. The minimum absolute atomic E-state index is 0.124. The zero-order valence-electron chi connectivity index (χ0n) is 26.4. The van der Waals surface area contributed by atoms with Crippen LogP contribution in [0.5, 0.6) is 17.2 Å². The molecule has 0 aromatic heterocycles. The van der Waals surface area contributed by atoms with Crippen LogP contribution in [0.3, 0.4) is 0 Å². The maximum absolute atomic E-state index is 14.2. The lowest BCUT2D eigenvalue weighted by Crippen LogP contribution is -2.43. The number of allylic oxidation sites excluding steroid dienone is 2. The summed E-state index contributed by atoms with van der Waals surface area (Å²) in [5.74, 6) is -3.29. The minimum atomic E-state index is -0.640. The highest BCUT2D eigenvalue weighted by Crippen LogP contribution is 2.58. The Labute approximate surface area is 278 Å². The van der Waals surface area contributed by atoms with Crippen molar-refractivity contribution in [3.8, 4) is 17.2 Å². The van der Waals surface area contributed by atoms with Crippen molar-refractivity contribution in [2.24, 2.45) is 29.6 Å². The monoisotopic (exact) mass is 650 g/mol. The summed E-state index contributed by atoms with van der Waals surface area (Å²) in [6.07, 6.45) is 3.64. The molecule has 10 nitrogen and oxygen atoms in total. The van der Waals surface area contributed by atoms with E-state index in [0.29, 0.717) is 31.4 Å². The fourth-order valence-corrected chi connectivity index (χ4v) is 8.28. The van der Waals surface area contributed by atoms with Gasteiger partial charge in [0.05, 0.1) is 30.3 Å². The van der Waals surface area contributed by atoms with E-state index in [-0.39, 0.29) is 67.3 Å². The van der Waals surface area contributed by atoms with Crippen LogP contribution < -0.4 is 4.74 Å². The van der Waals surface area contributed by atoms with Gasteiger partial charge in [0.2, 0.25) is 23.6 Å². The van der Waals surface area contributed by atoms with Crippen LogP contribution in [0, 0.1) is 29.6 Å². The highest BCUT2D eigenvalue weighted by molar-refractivity contribution is 6.08. The van der Waals surface area contributed by atoms with E-state index in [1.165, 1.54) is 9.80 Å². The number of phenols is 2.